The molecule has 0 spiro atoms. The number of benzene rings is 2. The minimum atomic E-state index is -3.34. The van der Waals surface area contributed by atoms with Crippen LogP contribution in [-0.2, 0) is 22.9 Å². The predicted molar refractivity (Wildman–Crippen MR) is 105 cm³/mol. The standard InChI is InChI=1S/C21H25NO4S/c23-27(24,13-5-8-16-6-2-1-3-7-16)22-19-10-4-9-17-14-20-21(15-18(17)19)26-12-11-25-20/h1-3,6-7,14-15,19,22H,4-5,8-13H2. The Morgan fingerprint density at radius 3 is 2.56 bits per heavy atom. The van der Waals surface area contributed by atoms with Gasteiger partial charge < -0.3 is 9.47 Å². The van der Waals surface area contributed by atoms with Crippen LogP contribution in [0.4, 0.5) is 0 Å². The van der Waals surface area contributed by atoms with Crippen LogP contribution in [-0.4, -0.2) is 27.4 Å². The van der Waals surface area contributed by atoms with Gasteiger partial charge in [-0.3, -0.25) is 0 Å². The molecule has 0 saturated heterocycles. The van der Waals surface area contributed by atoms with E-state index in [1.54, 1.807) is 0 Å². The number of nitrogens with one attached hydrogen (secondary N) is 1. The molecular formula is C21H25NO4S. The van der Waals surface area contributed by atoms with E-state index in [1.165, 1.54) is 5.56 Å². The van der Waals surface area contributed by atoms with Crippen molar-refractivity contribution in [3.8, 4) is 11.5 Å². The van der Waals surface area contributed by atoms with E-state index in [0.717, 1.165) is 48.3 Å². The van der Waals surface area contributed by atoms with Gasteiger partial charge in [0.05, 0.1) is 5.75 Å². The molecule has 4 rings (SSSR count). The molecule has 1 heterocycles. The van der Waals surface area contributed by atoms with Crippen LogP contribution in [0, 0.1) is 0 Å². The van der Waals surface area contributed by atoms with Crippen molar-refractivity contribution >= 4 is 10.0 Å². The van der Waals surface area contributed by atoms with Gasteiger partial charge in [0.25, 0.3) is 0 Å². The van der Waals surface area contributed by atoms with Gasteiger partial charge >= 0.3 is 0 Å². The van der Waals surface area contributed by atoms with Crippen molar-refractivity contribution in [1.29, 1.82) is 0 Å². The third kappa shape index (κ3) is 4.45. The summed E-state index contributed by atoms with van der Waals surface area (Å²) in [5.74, 6) is 1.62. The Bertz CT molecular complexity index is 896. The van der Waals surface area contributed by atoms with Crippen molar-refractivity contribution in [2.24, 2.45) is 0 Å². The van der Waals surface area contributed by atoms with Crippen molar-refractivity contribution in [3.05, 3.63) is 59.2 Å². The highest BCUT2D eigenvalue weighted by Gasteiger charge is 2.27. The fourth-order valence-electron chi connectivity index (χ4n) is 3.85. The quantitative estimate of drug-likeness (QED) is 0.825. The first-order chi connectivity index (χ1) is 13.1. The number of fused-ring (bicyclic) bond motifs is 2. The third-order valence-corrected chi connectivity index (χ3v) is 6.63. The smallest absolute Gasteiger partial charge is 0.212 e. The van der Waals surface area contributed by atoms with Crippen LogP contribution >= 0.6 is 0 Å². The Kier molecular flexibility index (Phi) is 5.36. The number of rotatable bonds is 6. The zero-order valence-corrected chi connectivity index (χ0v) is 16.1. The van der Waals surface area contributed by atoms with Crippen molar-refractivity contribution in [3.63, 3.8) is 0 Å². The van der Waals surface area contributed by atoms with E-state index in [1.807, 2.05) is 42.5 Å². The van der Waals surface area contributed by atoms with E-state index in [0.29, 0.717) is 19.6 Å². The van der Waals surface area contributed by atoms with Gasteiger partial charge in [-0.05, 0) is 60.9 Å². The van der Waals surface area contributed by atoms with E-state index < -0.39 is 10.0 Å². The van der Waals surface area contributed by atoms with Gasteiger partial charge in [0.15, 0.2) is 11.5 Å². The number of aryl methyl sites for hydroxylation is 2. The molecule has 0 bridgehead atoms. The Hall–Kier alpha value is -2.05. The predicted octanol–water partition coefficient (Wildman–Crippen LogP) is 3.39. The highest BCUT2D eigenvalue weighted by molar-refractivity contribution is 7.89. The minimum absolute atomic E-state index is 0.137. The van der Waals surface area contributed by atoms with Crippen LogP contribution in [0.5, 0.6) is 11.5 Å². The number of sulfonamides is 1. The van der Waals surface area contributed by atoms with E-state index >= 15 is 0 Å². The van der Waals surface area contributed by atoms with Gasteiger partial charge in [0, 0.05) is 6.04 Å². The Balaban J connectivity index is 1.43. The second-order valence-electron chi connectivity index (χ2n) is 7.17. The average Bonchev–Trinajstić information content (AvgIpc) is 2.67. The summed E-state index contributed by atoms with van der Waals surface area (Å²) in [7, 11) is -3.34. The van der Waals surface area contributed by atoms with Gasteiger partial charge in [-0.1, -0.05) is 30.3 Å². The van der Waals surface area contributed by atoms with Crippen LogP contribution in [0.15, 0.2) is 42.5 Å². The normalized spacial score (nSPS) is 18.7. The minimum Gasteiger partial charge on any atom is -0.486 e. The number of hydrogen-bond acceptors (Lipinski definition) is 4. The lowest BCUT2D eigenvalue weighted by Crippen LogP contribution is -2.33. The molecule has 1 unspecified atom stereocenters. The Morgan fingerprint density at radius 1 is 1.04 bits per heavy atom. The monoisotopic (exact) mass is 387 g/mol. The first-order valence-electron chi connectivity index (χ1n) is 9.57. The van der Waals surface area contributed by atoms with Gasteiger partial charge in [-0.25, -0.2) is 13.1 Å². The van der Waals surface area contributed by atoms with Crippen molar-refractivity contribution in [2.45, 2.75) is 38.1 Å². The maximum absolute atomic E-state index is 12.6. The van der Waals surface area contributed by atoms with Crippen LogP contribution in [0.3, 0.4) is 0 Å². The van der Waals surface area contributed by atoms with Crippen LogP contribution in [0.2, 0.25) is 0 Å². The molecule has 0 radical (unpaired) electrons. The molecule has 0 amide bonds. The molecule has 2 aromatic rings. The maximum Gasteiger partial charge on any atom is 0.212 e. The molecule has 2 aromatic carbocycles. The highest BCUT2D eigenvalue weighted by Crippen LogP contribution is 2.39. The topological polar surface area (TPSA) is 64.6 Å². The second-order valence-corrected chi connectivity index (χ2v) is 9.04. The third-order valence-electron chi connectivity index (χ3n) is 5.16. The van der Waals surface area contributed by atoms with Crippen LogP contribution < -0.4 is 14.2 Å². The molecule has 5 nitrogen and oxygen atoms in total. The molecule has 2 aliphatic rings. The second kappa shape index (κ2) is 7.90. The fraction of sp³-hybridized carbons (Fsp3) is 0.429. The molecule has 27 heavy (non-hydrogen) atoms. The van der Waals surface area contributed by atoms with Crippen LogP contribution in [0.25, 0.3) is 0 Å². The number of ether oxygens (including phenoxy) is 2. The van der Waals surface area contributed by atoms with E-state index in [4.69, 9.17) is 9.47 Å². The summed E-state index contributed by atoms with van der Waals surface area (Å²) < 4.78 is 39.5. The summed E-state index contributed by atoms with van der Waals surface area (Å²) in [6, 6.07) is 13.8. The summed E-state index contributed by atoms with van der Waals surface area (Å²) >= 11 is 0. The van der Waals surface area contributed by atoms with E-state index in [9.17, 15) is 8.42 Å². The molecule has 1 aliphatic heterocycles. The molecule has 0 saturated carbocycles. The molecule has 0 aromatic heterocycles. The van der Waals surface area contributed by atoms with Crippen molar-refractivity contribution < 1.29 is 17.9 Å². The molecule has 6 heteroatoms. The largest absolute Gasteiger partial charge is 0.486 e. The van der Waals surface area contributed by atoms with Crippen LogP contribution in [0.1, 0.15) is 42.0 Å². The molecule has 144 valence electrons. The maximum atomic E-state index is 12.6. The molecule has 1 atom stereocenters. The van der Waals surface area contributed by atoms with E-state index in [-0.39, 0.29) is 11.8 Å². The average molecular weight is 388 g/mol. The highest BCUT2D eigenvalue weighted by atomic mass is 32.2. The lowest BCUT2D eigenvalue weighted by Gasteiger charge is -2.29. The fourth-order valence-corrected chi connectivity index (χ4v) is 5.17. The summed E-state index contributed by atoms with van der Waals surface area (Å²) in [6.07, 6.45) is 4.09. The van der Waals surface area contributed by atoms with Gasteiger partial charge in [-0.15, -0.1) is 0 Å². The molecule has 0 fully saturated rings. The first kappa shape index (κ1) is 18.3. The zero-order valence-electron chi connectivity index (χ0n) is 15.3. The number of hydrogen-bond donors (Lipinski definition) is 1. The molecular weight excluding hydrogens is 362 g/mol. The van der Waals surface area contributed by atoms with E-state index in [2.05, 4.69) is 4.72 Å². The van der Waals surface area contributed by atoms with Gasteiger partial charge in [0.2, 0.25) is 10.0 Å². The Morgan fingerprint density at radius 2 is 1.78 bits per heavy atom. The first-order valence-corrected chi connectivity index (χ1v) is 11.2. The summed E-state index contributed by atoms with van der Waals surface area (Å²) in [5, 5.41) is 0. The zero-order chi connectivity index (χ0) is 18.7. The Labute approximate surface area is 160 Å². The van der Waals surface area contributed by atoms with Gasteiger partial charge in [-0.2, -0.15) is 0 Å². The summed E-state index contributed by atoms with van der Waals surface area (Å²) in [4.78, 5) is 0. The SMILES string of the molecule is O=S(=O)(CCCc1ccccc1)NC1CCCc2cc3c(cc21)OCCO3. The lowest BCUT2D eigenvalue weighted by molar-refractivity contribution is 0.171. The van der Waals surface area contributed by atoms with Crippen molar-refractivity contribution in [2.75, 3.05) is 19.0 Å². The van der Waals surface area contributed by atoms with Gasteiger partial charge in [0.1, 0.15) is 13.2 Å². The molecule has 1 N–H and O–H groups in total. The summed E-state index contributed by atoms with van der Waals surface area (Å²) in [5.41, 5.74) is 3.35. The lowest BCUT2D eigenvalue weighted by atomic mass is 9.88. The molecule has 1 aliphatic carbocycles. The summed E-state index contributed by atoms with van der Waals surface area (Å²) in [6.45, 7) is 1.09. The van der Waals surface area contributed by atoms with Crippen molar-refractivity contribution in [1.82, 2.24) is 4.72 Å².